The van der Waals surface area contributed by atoms with Crippen molar-refractivity contribution in [1.82, 2.24) is 0 Å². The third kappa shape index (κ3) is 9.87. The zero-order valence-electron chi connectivity index (χ0n) is 26.8. The highest BCUT2D eigenvalue weighted by Crippen LogP contribution is 2.09. The van der Waals surface area contributed by atoms with Gasteiger partial charge in [-0.15, -0.1) is 0 Å². The van der Waals surface area contributed by atoms with E-state index in [2.05, 4.69) is 0 Å². The lowest BCUT2D eigenvalue weighted by atomic mass is 10.1. The Morgan fingerprint density at radius 1 is 1.24 bits per heavy atom. The smallest absolute Gasteiger partial charge is 0.102 e. The second-order valence-electron chi connectivity index (χ2n) is 2.59. The first-order valence-corrected chi connectivity index (χ1v) is 4.89. The Balaban J connectivity index is 0. The fourth-order valence-corrected chi connectivity index (χ4v) is 0.737. The van der Waals surface area contributed by atoms with Crippen LogP contribution in [0.15, 0.2) is 67.0 Å². The van der Waals surface area contributed by atoms with E-state index in [4.69, 9.17) is 32.1 Å². The number of aliphatic hydroxyl groups excluding tert-OH is 1. The van der Waals surface area contributed by atoms with Gasteiger partial charge in [0.15, 0.2) is 0 Å². The molecule has 0 aliphatic carbocycles. The van der Waals surface area contributed by atoms with Gasteiger partial charge in [-0.05, 0) is 11.1 Å². The molecule has 3 N–H and O–H groups in total. The molecular formula is C17H24O3S. The molecule has 21 heavy (non-hydrogen) atoms. The lowest BCUT2D eigenvalue weighted by Gasteiger charge is -2.05. The third-order valence-electron chi connectivity index (χ3n) is 1.47. The number of hydrogen-bond donors (Lipinski definition) is 3. The first-order valence-electron chi connectivity index (χ1n) is 12.9. The zero-order valence-corrected chi connectivity index (χ0v) is 11.8. The van der Waals surface area contributed by atoms with Gasteiger partial charge in [0.25, 0.3) is 0 Å². The summed E-state index contributed by atoms with van der Waals surface area (Å²) in [6, 6.07) is -7.73. The van der Waals surface area contributed by atoms with Crippen LogP contribution in [0.3, 0.4) is 0 Å². The minimum absolute atomic E-state index is 0. The average Bonchev–Trinajstić information content (AvgIpc) is 2.79. The fourth-order valence-electron chi connectivity index (χ4n) is 0.737. The highest BCUT2D eigenvalue weighted by Gasteiger charge is 2.02. The Hall–Kier alpha value is -1.59. The van der Waals surface area contributed by atoms with Gasteiger partial charge in [-0.3, -0.25) is 0 Å². The first-order chi connectivity index (χ1) is 16.2. The van der Waals surface area contributed by atoms with Crippen LogP contribution >= 0.6 is 13.5 Å². The predicted molar refractivity (Wildman–Crippen MR) is 93.5 cm³/mol. The molecule has 4 heteroatoms. The minimum atomic E-state index is -3.49. The number of benzene rings is 2. The van der Waals surface area contributed by atoms with Gasteiger partial charge in [0.2, 0.25) is 0 Å². The maximum atomic E-state index is 9.60. The summed E-state index contributed by atoms with van der Waals surface area (Å²) in [5, 5.41) is 25.7. The molecule has 0 spiro atoms. The Morgan fingerprint density at radius 2 is 1.71 bits per heavy atom. The highest BCUT2D eigenvalue weighted by molar-refractivity contribution is 7.59. The predicted octanol–water partition coefficient (Wildman–Crippen LogP) is 2.76. The monoisotopic (exact) mass is 324 g/mol. The van der Waals surface area contributed by atoms with Crippen molar-refractivity contribution < 1.29 is 37.3 Å². The van der Waals surface area contributed by atoms with E-state index in [9.17, 15) is 5.11 Å². The molecule has 2 aromatic carbocycles. The standard InChI is InChI=1S/C8H10O2.C8H8.CH4O.H2S/c9-6-8(10)7-4-2-1-3-5-7;1-2-8-6-4-3-5-7-8;1-2;/h1-5,8-10H,6H2;2-7H,1H2;2H,1H3;1H2/t8-;;;/m1.../s1/i1D,2D,3D,4D,5D,6D2,8D;1D2,2D,3D,4D,5D,6D,7D;;. The molecule has 0 aliphatic rings. The topological polar surface area (TPSA) is 60.7 Å². The summed E-state index contributed by atoms with van der Waals surface area (Å²) in [4.78, 5) is 0. The largest absolute Gasteiger partial charge is 0.400 e. The molecule has 0 radical (unpaired) electrons. The van der Waals surface area contributed by atoms with Crippen LogP contribution in [0.5, 0.6) is 0 Å². The molecular weight excluding hydrogens is 284 g/mol. The van der Waals surface area contributed by atoms with Crippen LogP contribution in [0.1, 0.15) is 39.1 Å². The summed E-state index contributed by atoms with van der Waals surface area (Å²) in [7, 11) is 1.00. The summed E-state index contributed by atoms with van der Waals surface area (Å²) in [5.74, 6) is 0. The van der Waals surface area contributed by atoms with E-state index < -0.39 is 96.8 Å². The fraction of sp³-hybridized carbons (Fsp3) is 0.176. The second kappa shape index (κ2) is 14.8. The van der Waals surface area contributed by atoms with E-state index in [0.29, 0.717) is 0 Å². The maximum Gasteiger partial charge on any atom is 0.102 e. The van der Waals surface area contributed by atoms with Gasteiger partial charge in [0.05, 0.1) is 28.5 Å². The summed E-state index contributed by atoms with van der Waals surface area (Å²) >= 11 is 0. The Labute approximate surface area is 156 Å². The third-order valence-corrected chi connectivity index (χ3v) is 1.47. The Morgan fingerprint density at radius 3 is 2.14 bits per heavy atom. The molecule has 116 valence electrons. The normalized spacial score (nSPS) is 22.5. The van der Waals surface area contributed by atoms with Crippen LogP contribution in [0, 0.1) is 0 Å². The maximum absolute atomic E-state index is 9.60. The summed E-state index contributed by atoms with van der Waals surface area (Å²) < 4.78 is 116. The van der Waals surface area contributed by atoms with Gasteiger partial charge in [0, 0.05) is 7.11 Å². The molecule has 2 rings (SSSR count). The van der Waals surface area contributed by atoms with E-state index >= 15 is 0 Å². The van der Waals surface area contributed by atoms with E-state index in [1.54, 1.807) is 0 Å². The quantitative estimate of drug-likeness (QED) is 0.813. The van der Waals surface area contributed by atoms with E-state index in [1.165, 1.54) is 0 Å². The van der Waals surface area contributed by atoms with Crippen molar-refractivity contribution in [3.8, 4) is 0 Å². The number of rotatable bonds is 3. The molecule has 0 saturated heterocycles. The van der Waals surface area contributed by atoms with Gasteiger partial charge in [-0.2, -0.15) is 13.5 Å². The molecule has 0 bridgehead atoms. The molecule has 0 unspecified atom stereocenters. The van der Waals surface area contributed by atoms with Gasteiger partial charge < -0.3 is 15.3 Å². The molecule has 0 fully saturated rings. The first kappa shape index (κ1) is 5.89. The van der Waals surface area contributed by atoms with Gasteiger partial charge in [-0.1, -0.05) is 73.0 Å². The number of hydrogen-bond acceptors (Lipinski definition) is 3. The lowest BCUT2D eigenvalue weighted by molar-refractivity contribution is 0.0956. The zero-order chi connectivity index (χ0) is 29.1. The lowest BCUT2D eigenvalue weighted by Crippen LogP contribution is -2.01. The molecule has 0 aliphatic heterocycles. The van der Waals surface area contributed by atoms with Crippen molar-refractivity contribution in [2.24, 2.45) is 0 Å². The van der Waals surface area contributed by atoms with Crippen molar-refractivity contribution in [3.05, 3.63) is 78.1 Å². The summed E-state index contributed by atoms with van der Waals surface area (Å²) in [6.07, 6.45) is -3.37. The minimum Gasteiger partial charge on any atom is -0.400 e. The summed E-state index contributed by atoms with van der Waals surface area (Å²) in [5.41, 5.74) is -1.42. The molecule has 0 aromatic heterocycles. The van der Waals surface area contributed by atoms with Crippen LogP contribution < -0.4 is 0 Å². The highest BCUT2D eigenvalue weighted by atomic mass is 32.1. The van der Waals surface area contributed by atoms with Crippen LogP contribution in [-0.4, -0.2) is 29.0 Å². The molecule has 0 saturated carbocycles. The van der Waals surface area contributed by atoms with Crippen LogP contribution in [-0.2, 0) is 0 Å². The van der Waals surface area contributed by atoms with Gasteiger partial charge in [-0.25, -0.2) is 0 Å². The van der Waals surface area contributed by atoms with Gasteiger partial charge >= 0.3 is 0 Å². The van der Waals surface area contributed by atoms with E-state index in [-0.39, 0.29) is 13.5 Å². The van der Waals surface area contributed by atoms with Crippen LogP contribution in [0.25, 0.3) is 6.05 Å². The van der Waals surface area contributed by atoms with Crippen molar-refractivity contribution >= 4 is 19.5 Å². The molecule has 3 nitrogen and oxygen atoms in total. The van der Waals surface area contributed by atoms with Crippen molar-refractivity contribution in [3.63, 3.8) is 0 Å². The van der Waals surface area contributed by atoms with Crippen LogP contribution in [0.2, 0.25) is 0 Å². The van der Waals surface area contributed by atoms with Crippen LogP contribution in [0.4, 0.5) is 0 Å². The van der Waals surface area contributed by atoms with Crippen molar-refractivity contribution in [2.45, 2.75) is 6.08 Å². The molecule has 1 atom stereocenters. The average molecular weight is 325 g/mol. The molecule has 0 amide bonds. The number of aliphatic hydroxyl groups is 3. The summed E-state index contributed by atoms with van der Waals surface area (Å²) in [6.45, 7) is -4.38. The molecule has 0 heterocycles. The molecule has 2 aromatic rings. The van der Waals surface area contributed by atoms with Crippen molar-refractivity contribution in [1.29, 1.82) is 0 Å². The SMILES string of the molecule is CO.S.[2H]C([2H])=C([2H])c1c([2H])c([2H])c([2H])c([2H])c1[2H].[2H]c1c([2H])c([2H])c([C@]([2H])(O)C([2H])([2H])O)c([2H])c1[2H]. The Kier molecular flexibility index (Phi) is 4.16. The Bertz CT molecular complexity index is 1100. The van der Waals surface area contributed by atoms with Crippen molar-refractivity contribution in [2.75, 3.05) is 13.7 Å². The van der Waals surface area contributed by atoms with E-state index in [1.807, 2.05) is 0 Å². The second-order valence-corrected chi connectivity index (χ2v) is 2.59. The van der Waals surface area contributed by atoms with Gasteiger partial charge in [0.1, 0.15) is 6.08 Å². The van der Waals surface area contributed by atoms with E-state index in [0.717, 1.165) is 7.11 Å².